The average Bonchev–Trinajstić information content (AvgIpc) is 2.06. The third kappa shape index (κ3) is 3.04. The molecule has 0 amide bonds. The number of hydrogen-bond donors (Lipinski definition) is 0. The molecule has 0 aromatic heterocycles. The molecule has 1 aliphatic carbocycles. The summed E-state index contributed by atoms with van der Waals surface area (Å²) in [5.41, 5.74) is 0. The molecule has 2 nitrogen and oxygen atoms in total. The van der Waals surface area contributed by atoms with Crippen LogP contribution in [0.2, 0.25) is 0 Å². The number of nitriles is 1. The molecule has 3 heteroatoms. The Morgan fingerprint density at radius 2 is 2.42 bits per heavy atom. The zero-order valence-electron chi connectivity index (χ0n) is 7.45. The fourth-order valence-corrected chi connectivity index (χ4v) is 2.61. The van der Waals surface area contributed by atoms with Gasteiger partial charge >= 0.3 is 0 Å². The van der Waals surface area contributed by atoms with Gasteiger partial charge < -0.3 is 4.74 Å². The molecule has 1 fully saturated rings. The van der Waals surface area contributed by atoms with Gasteiger partial charge in [-0.3, -0.25) is 0 Å². The molecular formula is C9H15NOS. The molecule has 1 saturated carbocycles. The monoisotopic (exact) mass is 185 g/mol. The van der Waals surface area contributed by atoms with Crippen LogP contribution >= 0.6 is 11.8 Å². The second kappa shape index (κ2) is 5.45. The maximum Gasteiger partial charge on any atom is 0.133 e. The molecule has 2 unspecified atom stereocenters. The summed E-state index contributed by atoms with van der Waals surface area (Å²) >= 11 is 1.43. The summed E-state index contributed by atoms with van der Waals surface area (Å²) in [4.78, 5) is 0. The first-order valence-electron chi connectivity index (χ1n) is 4.40. The molecule has 1 aliphatic rings. The van der Waals surface area contributed by atoms with Crippen molar-refractivity contribution >= 4 is 11.8 Å². The molecule has 2 atom stereocenters. The summed E-state index contributed by atoms with van der Waals surface area (Å²) in [6, 6.07) is 0. The number of nitrogens with zero attached hydrogens (tertiary/aromatic N) is 1. The lowest BCUT2D eigenvalue weighted by Crippen LogP contribution is -2.20. The Morgan fingerprint density at radius 1 is 1.58 bits per heavy atom. The highest BCUT2D eigenvalue weighted by atomic mass is 32.2. The highest BCUT2D eigenvalue weighted by Gasteiger charge is 2.21. The Bertz CT molecular complexity index is 164. The van der Waals surface area contributed by atoms with E-state index in [-0.39, 0.29) is 0 Å². The van der Waals surface area contributed by atoms with Gasteiger partial charge in [-0.15, -0.1) is 0 Å². The maximum absolute atomic E-state index is 8.52. The van der Waals surface area contributed by atoms with Crippen LogP contribution in [0.3, 0.4) is 0 Å². The lowest BCUT2D eigenvalue weighted by atomic mass is 9.89. The van der Waals surface area contributed by atoms with E-state index in [9.17, 15) is 0 Å². The van der Waals surface area contributed by atoms with Crippen LogP contribution in [-0.4, -0.2) is 19.0 Å². The zero-order valence-corrected chi connectivity index (χ0v) is 8.27. The van der Waals surface area contributed by atoms with Crippen molar-refractivity contribution in [3.05, 3.63) is 0 Å². The van der Waals surface area contributed by atoms with Crippen molar-refractivity contribution in [3.8, 4) is 5.40 Å². The number of thiocyanates is 1. The molecule has 0 saturated heterocycles. The maximum atomic E-state index is 8.52. The van der Waals surface area contributed by atoms with Crippen molar-refractivity contribution in [3.63, 3.8) is 0 Å². The van der Waals surface area contributed by atoms with Gasteiger partial charge in [-0.05, 0) is 36.9 Å². The van der Waals surface area contributed by atoms with Crippen LogP contribution < -0.4 is 0 Å². The Morgan fingerprint density at radius 3 is 3.08 bits per heavy atom. The minimum Gasteiger partial charge on any atom is -0.384 e. The average molecular weight is 185 g/mol. The van der Waals surface area contributed by atoms with E-state index in [1.54, 1.807) is 7.11 Å². The van der Waals surface area contributed by atoms with Crippen LogP contribution in [0.5, 0.6) is 0 Å². The topological polar surface area (TPSA) is 33.0 Å². The van der Waals surface area contributed by atoms with Crippen molar-refractivity contribution in [2.45, 2.75) is 30.9 Å². The minimum atomic E-state index is 0.559. The van der Waals surface area contributed by atoms with E-state index in [0.29, 0.717) is 11.2 Å². The number of methoxy groups -OCH3 is 1. The molecule has 0 N–H and O–H groups in total. The summed E-state index contributed by atoms with van der Waals surface area (Å²) in [6.07, 6.45) is 4.90. The summed E-state index contributed by atoms with van der Waals surface area (Å²) in [7, 11) is 1.75. The van der Waals surface area contributed by atoms with Crippen LogP contribution in [0.1, 0.15) is 25.7 Å². The van der Waals surface area contributed by atoms with Gasteiger partial charge in [-0.25, -0.2) is 0 Å². The van der Waals surface area contributed by atoms with Crippen molar-refractivity contribution in [1.82, 2.24) is 0 Å². The highest BCUT2D eigenvalue weighted by molar-refractivity contribution is 8.04. The fraction of sp³-hybridized carbons (Fsp3) is 0.889. The van der Waals surface area contributed by atoms with E-state index >= 15 is 0 Å². The Kier molecular flexibility index (Phi) is 4.49. The molecule has 68 valence electrons. The molecule has 1 rings (SSSR count). The lowest BCUT2D eigenvalue weighted by molar-refractivity contribution is 0.133. The molecule has 12 heavy (non-hydrogen) atoms. The quantitative estimate of drug-likeness (QED) is 0.633. The Labute approximate surface area is 78.3 Å². The van der Waals surface area contributed by atoms with Crippen LogP contribution in [0, 0.1) is 16.6 Å². The normalized spacial score (nSPS) is 29.7. The van der Waals surface area contributed by atoms with Crippen LogP contribution in [0.4, 0.5) is 0 Å². The molecule has 0 aliphatic heterocycles. The van der Waals surface area contributed by atoms with Gasteiger partial charge in [0.15, 0.2) is 0 Å². The summed E-state index contributed by atoms with van der Waals surface area (Å²) in [6.45, 7) is 0.864. The Balaban J connectivity index is 2.26. The highest BCUT2D eigenvalue weighted by Crippen LogP contribution is 2.31. The summed E-state index contributed by atoms with van der Waals surface area (Å²) in [5.74, 6) is 0.689. The van der Waals surface area contributed by atoms with Gasteiger partial charge in [0.1, 0.15) is 5.40 Å². The van der Waals surface area contributed by atoms with E-state index in [4.69, 9.17) is 10.00 Å². The van der Waals surface area contributed by atoms with E-state index in [1.165, 1.54) is 31.0 Å². The van der Waals surface area contributed by atoms with Gasteiger partial charge in [0, 0.05) is 19.0 Å². The van der Waals surface area contributed by atoms with Gasteiger partial charge in [0.25, 0.3) is 0 Å². The first-order chi connectivity index (χ1) is 5.86. The van der Waals surface area contributed by atoms with Crippen LogP contribution in [0.15, 0.2) is 0 Å². The van der Waals surface area contributed by atoms with E-state index in [1.807, 2.05) is 0 Å². The number of hydrogen-bond acceptors (Lipinski definition) is 3. The van der Waals surface area contributed by atoms with E-state index in [0.717, 1.165) is 13.0 Å². The smallest absolute Gasteiger partial charge is 0.133 e. The number of thioether (sulfide) groups is 1. The first kappa shape index (κ1) is 9.88. The molecule has 0 spiro atoms. The van der Waals surface area contributed by atoms with Gasteiger partial charge in [-0.2, -0.15) is 5.26 Å². The van der Waals surface area contributed by atoms with Crippen molar-refractivity contribution < 1.29 is 4.74 Å². The van der Waals surface area contributed by atoms with Gasteiger partial charge in [-0.1, -0.05) is 6.42 Å². The van der Waals surface area contributed by atoms with Crippen molar-refractivity contribution in [2.24, 2.45) is 5.92 Å². The molecular weight excluding hydrogens is 170 g/mol. The predicted octanol–water partition coefficient (Wildman–Crippen LogP) is 2.41. The molecule has 0 heterocycles. The largest absolute Gasteiger partial charge is 0.384 e. The van der Waals surface area contributed by atoms with Crippen molar-refractivity contribution in [2.75, 3.05) is 13.7 Å². The minimum absolute atomic E-state index is 0.559. The first-order valence-corrected chi connectivity index (χ1v) is 5.28. The predicted molar refractivity (Wildman–Crippen MR) is 50.8 cm³/mol. The SMILES string of the molecule is COCC1CCCC(SC#N)C1. The van der Waals surface area contributed by atoms with Crippen LogP contribution in [0.25, 0.3) is 0 Å². The lowest BCUT2D eigenvalue weighted by Gasteiger charge is -2.26. The van der Waals surface area contributed by atoms with E-state index in [2.05, 4.69) is 5.40 Å². The zero-order chi connectivity index (χ0) is 8.81. The second-order valence-corrected chi connectivity index (χ2v) is 4.40. The summed E-state index contributed by atoms with van der Waals surface area (Å²) in [5, 5.41) is 11.3. The van der Waals surface area contributed by atoms with Gasteiger partial charge in [0.05, 0.1) is 0 Å². The standard InChI is InChI=1S/C9H15NOS/c1-11-6-8-3-2-4-9(5-8)12-7-10/h8-9H,2-6H2,1H3. The Hall–Kier alpha value is -0.200. The second-order valence-electron chi connectivity index (χ2n) is 3.32. The van der Waals surface area contributed by atoms with E-state index < -0.39 is 0 Å². The number of ether oxygens (including phenoxy) is 1. The molecule has 0 aromatic rings. The summed E-state index contributed by atoms with van der Waals surface area (Å²) < 4.78 is 5.12. The molecule has 0 bridgehead atoms. The molecule has 0 radical (unpaired) electrons. The number of rotatable bonds is 3. The van der Waals surface area contributed by atoms with Crippen molar-refractivity contribution in [1.29, 1.82) is 5.26 Å². The third-order valence-electron chi connectivity index (χ3n) is 2.36. The van der Waals surface area contributed by atoms with Crippen LogP contribution in [-0.2, 0) is 4.74 Å². The fourth-order valence-electron chi connectivity index (χ4n) is 1.81. The van der Waals surface area contributed by atoms with Gasteiger partial charge in [0.2, 0.25) is 0 Å². The molecule has 0 aromatic carbocycles. The third-order valence-corrected chi connectivity index (χ3v) is 3.22.